The number of amides is 1. The summed E-state index contributed by atoms with van der Waals surface area (Å²) in [5, 5.41) is 18.1. The van der Waals surface area contributed by atoms with Crippen LogP contribution in [0.5, 0.6) is 0 Å². The van der Waals surface area contributed by atoms with Gasteiger partial charge in [0.25, 0.3) is 5.91 Å². The van der Waals surface area contributed by atoms with Crippen molar-refractivity contribution in [2.75, 3.05) is 19.7 Å². The molecule has 1 amide bonds. The molecular formula is C16H23N3O2S. The van der Waals surface area contributed by atoms with Gasteiger partial charge >= 0.3 is 0 Å². The number of carbonyl (C=O) groups excluding carboxylic acids is 1. The molecule has 22 heavy (non-hydrogen) atoms. The molecule has 5 nitrogen and oxygen atoms in total. The van der Waals surface area contributed by atoms with Gasteiger partial charge in [-0.05, 0) is 29.3 Å². The lowest BCUT2D eigenvalue weighted by atomic mass is 9.96. The normalized spacial score (nSPS) is 11.6. The van der Waals surface area contributed by atoms with Gasteiger partial charge in [-0.2, -0.15) is 5.10 Å². The van der Waals surface area contributed by atoms with Gasteiger partial charge in [0, 0.05) is 19.7 Å². The lowest BCUT2D eigenvalue weighted by Crippen LogP contribution is -2.39. The standard InChI is InChI=1S/C16H23N3O2S/c1-16(2,3)11-19(7-5-8-20)15(21)13-10-12(17-18-13)14-6-4-9-22-14/h4,6,9-10,20H,5,7-8,11H2,1-3H3,(H,17,18). The van der Waals surface area contributed by atoms with Gasteiger partial charge in [-0.1, -0.05) is 26.8 Å². The van der Waals surface area contributed by atoms with E-state index < -0.39 is 0 Å². The van der Waals surface area contributed by atoms with Crippen molar-refractivity contribution in [3.63, 3.8) is 0 Å². The summed E-state index contributed by atoms with van der Waals surface area (Å²) in [6, 6.07) is 5.75. The van der Waals surface area contributed by atoms with E-state index in [9.17, 15) is 4.79 Å². The van der Waals surface area contributed by atoms with Crippen LogP contribution in [0.15, 0.2) is 23.6 Å². The Balaban J connectivity index is 2.15. The van der Waals surface area contributed by atoms with Crippen molar-refractivity contribution >= 4 is 17.2 Å². The highest BCUT2D eigenvalue weighted by molar-refractivity contribution is 7.13. The fourth-order valence-corrected chi connectivity index (χ4v) is 2.93. The van der Waals surface area contributed by atoms with Crippen molar-refractivity contribution in [1.82, 2.24) is 15.1 Å². The third-order valence-electron chi connectivity index (χ3n) is 3.12. The second-order valence-electron chi connectivity index (χ2n) is 6.51. The third-order valence-corrected chi connectivity index (χ3v) is 4.03. The molecule has 0 unspecified atom stereocenters. The molecule has 0 spiro atoms. The fraction of sp³-hybridized carbons (Fsp3) is 0.500. The van der Waals surface area contributed by atoms with Crippen molar-refractivity contribution < 1.29 is 9.90 Å². The molecule has 0 fully saturated rings. The highest BCUT2D eigenvalue weighted by Gasteiger charge is 2.23. The van der Waals surface area contributed by atoms with E-state index in [1.54, 1.807) is 22.3 Å². The van der Waals surface area contributed by atoms with Gasteiger partial charge in [0.2, 0.25) is 0 Å². The quantitative estimate of drug-likeness (QED) is 0.859. The number of thiophene rings is 1. The number of aliphatic hydroxyl groups is 1. The van der Waals surface area contributed by atoms with Gasteiger partial charge in [0.1, 0.15) is 0 Å². The van der Waals surface area contributed by atoms with Gasteiger partial charge in [-0.25, -0.2) is 0 Å². The van der Waals surface area contributed by atoms with Crippen LogP contribution in [0.1, 0.15) is 37.7 Å². The highest BCUT2D eigenvalue weighted by Crippen LogP contribution is 2.24. The van der Waals surface area contributed by atoms with Crippen molar-refractivity contribution in [1.29, 1.82) is 0 Å². The van der Waals surface area contributed by atoms with Crippen LogP contribution in [0, 0.1) is 5.41 Å². The van der Waals surface area contributed by atoms with Crippen LogP contribution in [0.2, 0.25) is 0 Å². The maximum absolute atomic E-state index is 12.7. The molecule has 2 aromatic heterocycles. The monoisotopic (exact) mass is 321 g/mol. The zero-order chi connectivity index (χ0) is 16.2. The van der Waals surface area contributed by atoms with Gasteiger partial charge in [-0.3, -0.25) is 9.89 Å². The van der Waals surface area contributed by atoms with E-state index in [2.05, 4.69) is 31.0 Å². The predicted octanol–water partition coefficient (Wildman–Crippen LogP) is 3.01. The molecule has 2 aromatic rings. The second-order valence-corrected chi connectivity index (χ2v) is 7.46. The molecule has 0 radical (unpaired) electrons. The third kappa shape index (κ3) is 4.42. The summed E-state index contributed by atoms with van der Waals surface area (Å²) in [5.41, 5.74) is 1.28. The summed E-state index contributed by atoms with van der Waals surface area (Å²) in [4.78, 5) is 15.5. The second kappa shape index (κ2) is 7.07. The number of aliphatic hydroxyl groups excluding tert-OH is 1. The van der Waals surface area contributed by atoms with Crippen LogP contribution >= 0.6 is 11.3 Å². The molecule has 0 saturated carbocycles. The van der Waals surface area contributed by atoms with E-state index in [1.165, 1.54) is 0 Å². The summed E-state index contributed by atoms with van der Waals surface area (Å²) in [5.74, 6) is -0.0950. The van der Waals surface area contributed by atoms with Crippen LogP contribution in [0.25, 0.3) is 10.6 Å². The van der Waals surface area contributed by atoms with E-state index in [-0.39, 0.29) is 17.9 Å². The molecule has 0 aliphatic heterocycles. The molecule has 0 aliphatic rings. The molecule has 2 N–H and O–H groups in total. The lowest BCUT2D eigenvalue weighted by Gasteiger charge is -2.29. The lowest BCUT2D eigenvalue weighted by molar-refractivity contribution is 0.0676. The minimum absolute atomic E-state index is 0.00198. The van der Waals surface area contributed by atoms with Gasteiger partial charge in [0.05, 0.1) is 10.6 Å². The molecule has 0 aromatic carbocycles. The number of hydrogen-bond donors (Lipinski definition) is 2. The molecule has 2 heterocycles. The Labute approximate surface area is 135 Å². The number of nitrogens with one attached hydrogen (secondary N) is 1. The van der Waals surface area contributed by atoms with Crippen molar-refractivity contribution in [3.05, 3.63) is 29.3 Å². The van der Waals surface area contributed by atoms with Gasteiger partial charge in [-0.15, -0.1) is 11.3 Å². The smallest absolute Gasteiger partial charge is 0.274 e. The van der Waals surface area contributed by atoms with Crippen LogP contribution < -0.4 is 0 Å². The first-order valence-electron chi connectivity index (χ1n) is 7.40. The summed E-state index contributed by atoms with van der Waals surface area (Å²) < 4.78 is 0. The molecule has 0 bridgehead atoms. The van der Waals surface area contributed by atoms with E-state index in [0.717, 1.165) is 10.6 Å². The first kappa shape index (κ1) is 16.7. The van der Waals surface area contributed by atoms with E-state index >= 15 is 0 Å². The van der Waals surface area contributed by atoms with Crippen LogP contribution in [-0.2, 0) is 0 Å². The van der Waals surface area contributed by atoms with Gasteiger partial charge in [0.15, 0.2) is 5.69 Å². The van der Waals surface area contributed by atoms with Crippen molar-refractivity contribution in [3.8, 4) is 10.6 Å². The van der Waals surface area contributed by atoms with E-state index in [0.29, 0.717) is 25.2 Å². The molecule has 2 rings (SSSR count). The number of rotatable bonds is 6. The summed E-state index contributed by atoms with van der Waals surface area (Å²) >= 11 is 1.60. The van der Waals surface area contributed by atoms with Crippen LogP contribution in [0.4, 0.5) is 0 Å². The van der Waals surface area contributed by atoms with Crippen molar-refractivity contribution in [2.45, 2.75) is 27.2 Å². The average molecular weight is 321 g/mol. The Bertz CT molecular complexity index is 599. The SMILES string of the molecule is CC(C)(C)CN(CCCO)C(=O)c1cc(-c2cccs2)[nH]n1. The number of H-pyrrole nitrogens is 1. The number of hydrogen-bond acceptors (Lipinski definition) is 4. The zero-order valence-electron chi connectivity index (χ0n) is 13.3. The topological polar surface area (TPSA) is 69.2 Å². The van der Waals surface area contributed by atoms with Gasteiger partial charge < -0.3 is 10.0 Å². The predicted molar refractivity (Wildman–Crippen MR) is 89.0 cm³/mol. The first-order valence-corrected chi connectivity index (χ1v) is 8.28. The fourth-order valence-electron chi connectivity index (χ4n) is 2.24. The van der Waals surface area contributed by atoms with E-state index in [1.807, 2.05) is 17.5 Å². The Kier molecular flexibility index (Phi) is 5.37. The summed E-state index contributed by atoms with van der Waals surface area (Å²) in [6.07, 6.45) is 0.573. The summed E-state index contributed by atoms with van der Waals surface area (Å²) in [6.45, 7) is 7.52. The maximum Gasteiger partial charge on any atom is 0.274 e. The van der Waals surface area contributed by atoms with E-state index in [4.69, 9.17) is 5.11 Å². The molecular weight excluding hydrogens is 298 g/mol. The summed E-state index contributed by atoms with van der Waals surface area (Å²) in [7, 11) is 0. The van der Waals surface area contributed by atoms with Crippen molar-refractivity contribution in [2.24, 2.45) is 5.41 Å². The number of aromatic amines is 1. The molecule has 0 saturated heterocycles. The number of nitrogens with zero attached hydrogens (tertiary/aromatic N) is 2. The highest BCUT2D eigenvalue weighted by atomic mass is 32.1. The zero-order valence-corrected chi connectivity index (χ0v) is 14.1. The number of aromatic nitrogens is 2. The molecule has 120 valence electrons. The Morgan fingerprint density at radius 1 is 1.45 bits per heavy atom. The molecule has 6 heteroatoms. The van der Waals surface area contributed by atoms with Crippen LogP contribution in [-0.4, -0.2) is 45.8 Å². The molecule has 0 aliphatic carbocycles. The largest absolute Gasteiger partial charge is 0.396 e. The minimum atomic E-state index is -0.0950. The maximum atomic E-state index is 12.7. The Hall–Kier alpha value is -1.66. The first-order chi connectivity index (χ1) is 10.4. The average Bonchev–Trinajstić information content (AvgIpc) is 3.10. The Morgan fingerprint density at radius 3 is 2.82 bits per heavy atom. The van der Waals surface area contributed by atoms with Crippen LogP contribution in [0.3, 0.4) is 0 Å². The minimum Gasteiger partial charge on any atom is -0.396 e. The number of carbonyl (C=O) groups is 1. The molecule has 0 atom stereocenters. The Morgan fingerprint density at radius 2 is 2.23 bits per heavy atom.